The van der Waals surface area contributed by atoms with Crippen LogP contribution in [0.25, 0.3) is 0 Å². The van der Waals surface area contributed by atoms with Gasteiger partial charge in [-0.25, -0.2) is 4.39 Å². The highest BCUT2D eigenvalue weighted by molar-refractivity contribution is 5.15. The van der Waals surface area contributed by atoms with Crippen LogP contribution >= 0.6 is 0 Å². The summed E-state index contributed by atoms with van der Waals surface area (Å²) in [7, 11) is 2.10. The van der Waals surface area contributed by atoms with E-state index < -0.39 is 0 Å². The summed E-state index contributed by atoms with van der Waals surface area (Å²) < 4.78 is 13.1. The molecule has 0 aromatic heterocycles. The molecule has 20 heavy (non-hydrogen) atoms. The van der Waals surface area contributed by atoms with Crippen molar-refractivity contribution in [1.29, 1.82) is 0 Å². The molecule has 0 bridgehead atoms. The van der Waals surface area contributed by atoms with Gasteiger partial charge in [0, 0.05) is 6.54 Å². The fourth-order valence-electron chi connectivity index (χ4n) is 2.67. The number of rotatable bonds is 9. The Hall–Kier alpha value is -0.930. The number of hydrogen-bond donors (Lipinski definition) is 1. The van der Waals surface area contributed by atoms with E-state index >= 15 is 0 Å². The number of halogens is 1. The van der Waals surface area contributed by atoms with Crippen molar-refractivity contribution >= 4 is 0 Å². The van der Waals surface area contributed by atoms with Gasteiger partial charge >= 0.3 is 0 Å². The van der Waals surface area contributed by atoms with Gasteiger partial charge in [-0.05, 0) is 68.9 Å². The van der Waals surface area contributed by atoms with Gasteiger partial charge in [-0.1, -0.05) is 26.0 Å². The number of benzene rings is 1. The zero-order valence-electron chi connectivity index (χ0n) is 13.1. The van der Waals surface area contributed by atoms with E-state index in [0.29, 0.717) is 5.92 Å². The van der Waals surface area contributed by atoms with Crippen LogP contribution in [-0.4, -0.2) is 25.0 Å². The average Bonchev–Trinajstić information content (AvgIpc) is 2.37. The van der Waals surface area contributed by atoms with Gasteiger partial charge in [0.1, 0.15) is 5.82 Å². The minimum absolute atomic E-state index is 0.154. The predicted octanol–water partition coefficient (Wildman–Crippen LogP) is 3.66. The molecule has 114 valence electrons. The number of hydrogen-bond acceptors (Lipinski definition) is 2. The molecule has 0 amide bonds. The zero-order chi connectivity index (χ0) is 15.0. The average molecular weight is 280 g/mol. The van der Waals surface area contributed by atoms with Gasteiger partial charge in [0.05, 0.1) is 0 Å². The maximum absolute atomic E-state index is 13.1. The van der Waals surface area contributed by atoms with Crippen molar-refractivity contribution in [3.8, 4) is 0 Å². The molecule has 0 aliphatic carbocycles. The molecule has 2 N–H and O–H groups in total. The Labute approximate surface area is 123 Å². The summed E-state index contributed by atoms with van der Waals surface area (Å²) in [5.41, 5.74) is 6.71. The van der Waals surface area contributed by atoms with Gasteiger partial charge in [-0.3, -0.25) is 0 Å². The molecule has 0 radical (unpaired) electrons. The largest absolute Gasteiger partial charge is 0.330 e. The first-order valence-electron chi connectivity index (χ1n) is 7.66. The molecule has 1 rings (SSSR count). The van der Waals surface area contributed by atoms with E-state index in [4.69, 9.17) is 5.73 Å². The van der Waals surface area contributed by atoms with Crippen molar-refractivity contribution in [1.82, 2.24) is 4.90 Å². The topological polar surface area (TPSA) is 29.3 Å². The summed E-state index contributed by atoms with van der Waals surface area (Å²) in [4.78, 5) is 2.26. The lowest BCUT2D eigenvalue weighted by Gasteiger charge is -2.22. The molecule has 0 fully saturated rings. The molecule has 1 unspecified atom stereocenters. The first kappa shape index (κ1) is 17.1. The molecule has 0 saturated carbocycles. The third kappa shape index (κ3) is 6.49. The lowest BCUT2D eigenvalue weighted by atomic mass is 9.88. The van der Waals surface area contributed by atoms with Gasteiger partial charge < -0.3 is 10.6 Å². The van der Waals surface area contributed by atoms with Crippen LogP contribution in [0.5, 0.6) is 0 Å². The summed E-state index contributed by atoms with van der Waals surface area (Å²) in [5.74, 6) is 1.27. The number of nitrogens with two attached hydrogens (primary N) is 1. The molecule has 0 aliphatic rings. The Morgan fingerprint density at radius 3 is 2.60 bits per heavy atom. The fraction of sp³-hybridized carbons (Fsp3) is 0.647. The Kier molecular flexibility index (Phi) is 7.78. The SMILES string of the molecule is CC(C)C(CCN)CCCN(C)Cc1cccc(F)c1. The van der Waals surface area contributed by atoms with Crippen LogP contribution in [0.15, 0.2) is 24.3 Å². The van der Waals surface area contributed by atoms with Crippen LogP contribution in [-0.2, 0) is 6.54 Å². The molecular formula is C17H29FN2. The molecule has 0 heterocycles. The van der Waals surface area contributed by atoms with Crippen molar-refractivity contribution in [2.75, 3.05) is 20.1 Å². The van der Waals surface area contributed by atoms with Crippen molar-refractivity contribution in [3.05, 3.63) is 35.6 Å². The van der Waals surface area contributed by atoms with Crippen molar-refractivity contribution < 1.29 is 4.39 Å². The van der Waals surface area contributed by atoms with Crippen LogP contribution in [0.2, 0.25) is 0 Å². The van der Waals surface area contributed by atoms with E-state index in [9.17, 15) is 4.39 Å². The Morgan fingerprint density at radius 2 is 2.00 bits per heavy atom. The molecule has 0 spiro atoms. The second-order valence-electron chi connectivity index (χ2n) is 6.09. The summed E-state index contributed by atoms with van der Waals surface area (Å²) in [5, 5.41) is 0. The minimum atomic E-state index is -0.154. The van der Waals surface area contributed by atoms with Crippen molar-refractivity contribution in [2.24, 2.45) is 17.6 Å². The summed E-state index contributed by atoms with van der Waals surface area (Å²) in [6.45, 7) is 7.18. The van der Waals surface area contributed by atoms with Crippen LogP contribution in [0, 0.1) is 17.7 Å². The van der Waals surface area contributed by atoms with E-state index in [1.54, 1.807) is 12.1 Å². The Balaban J connectivity index is 2.30. The van der Waals surface area contributed by atoms with Crippen LogP contribution < -0.4 is 5.73 Å². The monoisotopic (exact) mass is 280 g/mol. The number of nitrogens with zero attached hydrogens (tertiary/aromatic N) is 1. The van der Waals surface area contributed by atoms with E-state index in [0.717, 1.165) is 37.5 Å². The van der Waals surface area contributed by atoms with Crippen molar-refractivity contribution in [2.45, 2.75) is 39.7 Å². The van der Waals surface area contributed by atoms with Crippen LogP contribution in [0.3, 0.4) is 0 Å². The molecule has 1 atom stereocenters. The molecule has 0 aliphatic heterocycles. The third-order valence-electron chi connectivity index (χ3n) is 3.94. The highest BCUT2D eigenvalue weighted by Gasteiger charge is 2.12. The van der Waals surface area contributed by atoms with E-state index in [1.165, 1.54) is 18.9 Å². The highest BCUT2D eigenvalue weighted by Crippen LogP contribution is 2.20. The molecule has 3 heteroatoms. The highest BCUT2D eigenvalue weighted by atomic mass is 19.1. The predicted molar refractivity (Wildman–Crippen MR) is 84.0 cm³/mol. The van der Waals surface area contributed by atoms with Gasteiger partial charge in [-0.15, -0.1) is 0 Å². The summed E-state index contributed by atoms with van der Waals surface area (Å²) in [6, 6.07) is 6.85. The summed E-state index contributed by atoms with van der Waals surface area (Å²) in [6.07, 6.45) is 3.52. The second kappa shape index (κ2) is 9.09. The Bertz CT molecular complexity index is 379. The molecular weight excluding hydrogens is 251 g/mol. The molecule has 0 saturated heterocycles. The first-order chi connectivity index (χ1) is 9.52. The normalized spacial score (nSPS) is 13.2. The first-order valence-corrected chi connectivity index (χ1v) is 7.66. The maximum Gasteiger partial charge on any atom is 0.123 e. The zero-order valence-corrected chi connectivity index (χ0v) is 13.1. The van der Waals surface area contributed by atoms with Crippen molar-refractivity contribution in [3.63, 3.8) is 0 Å². The molecule has 2 nitrogen and oxygen atoms in total. The van der Waals surface area contributed by atoms with Crippen LogP contribution in [0.1, 0.15) is 38.7 Å². The van der Waals surface area contributed by atoms with E-state index in [-0.39, 0.29) is 5.82 Å². The van der Waals surface area contributed by atoms with Gasteiger partial charge in [0.25, 0.3) is 0 Å². The second-order valence-corrected chi connectivity index (χ2v) is 6.09. The Morgan fingerprint density at radius 1 is 1.25 bits per heavy atom. The third-order valence-corrected chi connectivity index (χ3v) is 3.94. The summed E-state index contributed by atoms with van der Waals surface area (Å²) >= 11 is 0. The maximum atomic E-state index is 13.1. The van der Waals surface area contributed by atoms with E-state index in [1.807, 2.05) is 6.07 Å². The molecule has 1 aromatic carbocycles. The smallest absolute Gasteiger partial charge is 0.123 e. The lowest BCUT2D eigenvalue weighted by Crippen LogP contribution is -2.21. The lowest BCUT2D eigenvalue weighted by molar-refractivity contribution is 0.278. The van der Waals surface area contributed by atoms with Crippen LogP contribution in [0.4, 0.5) is 4.39 Å². The fourth-order valence-corrected chi connectivity index (χ4v) is 2.67. The standard InChI is InChI=1S/C17H29FN2/c1-14(2)16(9-10-19)7-5-11-20(3)13-15-6-4-8-17(18)12-15/h4,6,8,12,14,16H,5,7,9-11,13,19H2,1-3H3. The quantitative estimate of drug-likeness (QED) is 0.748. The van der Waals surface area contributed by atoms with Gasteiger partial charge in [0.2, 0.25) is 0 Å². The van der Waals surface area contributed by atoms with E-state index in [2.05, 4.69) is 25.8 Å². The van der Waals surface area contributed by atoms with Gasteiger partial charge in [-0.2, -0.15) is 0 Å². The van der Waals surface area contributed by atoms with Gasteiger partial charge in [0.15, 0.2) is 0 Å². The molecule has 1 aromatic rings. The minimum Gasteiger partial charge on any atom is -0.330 e.